The van der Waals surface area contributed by atoms with E-state index in [1.807, 2.05) is 6.92 Å². The summed E-state index contributed by atoms with van der Waals surface area (Å²) in [5, 5.41) is 5.55. The average molecular weight is 321 g/mol. The number of carbonyl (C=O) groups is 2. The van der Waals surface area contributed by atoms with Crippen LogP contribution in [0.25, 0.3) is 0 Å². The van der Waals surface area contributed by atoms with Crippen molar-refractivity contribution < 1.29 is 18.7 Å². The van der Waals surface area contributed by atoms with Crippen LogP contribution >= 0.6 is 0 Å². The lowest BCUT2D eigenvalue weighted by Crippen LogP contribution is -2.42. The second-order valence-corrected chi connectivity index (χ2v) is 6.08. The molecule has 1 aromatic rings. The van der Waals surface area contributed by atoms with Gasteiger partial charge in [0, 0.05) is 31.2 Å². The van der Waals surface area contributed by atoms with Gasteiger partial charge in [0.15, 0.2) is 0 Å². The van der Waals surface area contributed by atoms with Crippen molar-refractivity contribution in [1.82, 2.24) is 10.2 Å². The number of likely N-dealkylation sites (tertiary alicyclic amines) is 1. The molecular weight excluding hydrogens is 301 g/mol. The highest BCUT2D eigenvalue weighted by Crippen LogP contribution is 2.23. The highest BCUT2D eigenvalue weighted by molar-refractivity contribution is 5.89. The maximum absolute atomic E-state index is 12.8. The zero-order chi connectivity index (χ0) is 16.4. The van der Waals surface area contributed by atoms with E-state index in [2.05, 4.69) is 15.5 Å². The predicted molar refractivity (Wildman–Crippen MR) is 82.5 cm³/mol. The standard InChI is InChI=1S/C16H20FN3O3/c1-10-8-14(15(21)23-10)20-7-6-13(9-20)19-16(22)18-12-4-2-11(17)3-5-12/h2-5,10,13-14H,6-9H2,1H3,(H2,18,19,22)/t10-,13-,14+/m1/s1. The number of halogens is 1. The molecule has 23 heavy (non-hydrogen) atoms. The minimum Gasteiger partial charge on any atom is -0.461 e. The number of benzene rings is 1. The maximum atomic E-state index is 12.8. The molecule has 124 valence electrons. The van der Waals surface area contributed by atoms with Crippen molar-refractivity contribution in [3.05, 3.63) is 30.1 Å². The van der Waals surface area contributed by atoms with Crippen LogP contribution in [0.1, 0.15) is 19.8 Å². The Morgan fingerprint density at radius 1 is 1.35 bits per heavy atom. The van der Waals surface area contributed by atoms with Crippen molar-refractivity contribution in [2.24, 2.45) is 0 Å². The Morgan fingerprint density at radius 3 is 2.74 bits per heavy atom. The van der Waals surface area contributed by atoms with Gasteiger partial charge in [0.25, 0.3) is 0 Å². The molecule has 0 saturated carbocycles. The molecule has 2 saturated heterocycles. The number of amides is 2. The van der Waals surface area contributed by atoms with Crippen LogP contribution in [0.4, 0.5) is 14.9 Å². The third-order valence-electron chi connectivity index (χ3n) is 4.24. The monoisotopic (exact) mass is 321 g/mol. The zero-order valence-electron chi connectivity index (χ0n) is 12.9. The van der Waals surface area contributed by atoms with Crippen LogP contribution in [0.15, 0.2) is 24.3 Å². The van der Waals surface area contributed by atoms with Gasteiger partial charge < -0.3 is 15.4 Å². The lowest BCUT2D eigenvalue weighted by molar-refractivity contribution is -0.144. The molecule has 1 aromatic carbocycles. The van der Waals surface area contributed by atoms with Crippen molar-refractivity contribution in [3.63, 3.8) is 0 Å². The topological polar surface area (TPSA) is 70.7 Å². The molecule has 2 aliphatic rings. The Labute approximate surface area is 134 Å². The first-order valence-electron chi connectivity index (χ1n) is 7.79. The largest absolute Gasteiger partial charge is 0.461 e. The van der Waals surface area contributed by atoms with Gasteiger partial charge in [-0.15, -0.1) is 0 Å². The van der Waals surface area contributed by atoms with Crippen molar-refractivity contribution in [1.29, 1.82) is 0 Å². The van der Waals surface area contributed by atoms with Crippen LogP contribution in [0, 0.1) is 5.82 Å². The fourth-order valence-electron chi connectivity index (χ4n) is 3.11. The Kier molecular flexibility index (Phi) is 4.47. The van der Waals surface area contributed by atoms with Gasteiger partial charge in [-0.3, -0.25) is 9.69 Å². The van der Waals surface area contributed by atoms with Gasteiger partial charge in [-0.05, 0) is 37.6 Å². The molecule has 2 heterocycles. The van der Waals surface area contributed by atoms with Crippen LogP contribution in [0.3, 0.4) is 0 Å². The molecule has 0 aliphatic carbocycles. The van der Waals surface area contributed by atoms with E-state index in [9.17, 15) is 14.0 Å². The van der Waals surface area contributed by atoms with Crippen molar-refractivity contribution >= 4 is 17.7 Å². The van der Waals surface area contributed by atoms with Crippen LogP contribution in [-0.2, 0) is 9.53 Å². The smallest absolute Gasteiger partial charge is 0.323 e. The predicted octanol–water partition coefficient (Wildman–Crippen LogP) is 1.73. The summed E-state index contributed by atoms with van der Waals surface area (Å²) >= 11 is 0. The number of nitrogens with one attached hydrogen (secondary N) is 2. The summed E-state index contributed by atoms with van der Waals surface area (Å²) in [4.78, 5) is 25.8. The minimum atomic E-state index is -0.347. The normalized spacial score (nSPS) is 27.7. The van der Waals surface area contributed by atoms with Gasteiger partial charge >= 0.3 is 12.0 Å². The molecule has 0 radical (unpaired) electrons. The third-order valence-corrected chi connectivity index (χ3v) is 4.24. The lowest BCUT2D eigenvalue weighted by Gasteiger charge is -2.20. The molecule has 0 unspecified atom stereocenters. The molecule has 3 atom stereocenters. The number of carbonyl (C=O) groups excluding carboxylic acids is 2. The van der Waals surface area contributed by atoms with Gasteiger partial charge in [0.2, 0.25) is 0 Å². The van der Waals surface area contributed by atoms with Crippen molar-refractivity contribution in [2.45, 2.75) is 38.0 Å². The summed E-state index contributed by atoms with van der Waals surface area (Å²) < 4.78 is 18.0. The average Bonchev–Trinajstić information content (AvgIpc) is 3.07. The number of rotatable bonds is 3. The molecule has 3 rings (SSSR count). The van der Waals surface area contributed by atoms with E-state index in [1.165, 1.54) is 24.3 Å². The van der Waals surface area contributed by atoms with Gasteiger partial charge in [0.05, 0.1) is 0 Å². The first-order chi connectivity index (χ1) is 11.0. The molecule has 2 N–H and O–H groups in total. The van der Waals surface area contributed by atoms with Crippen LogP contribution in [0.2, 0.25) is 0 Å². The van der Waals surface area contributed by atoms with E-state index < -0.39 is 0 Å². The SMILES string of the molecule is C[C@@H]1C[C@H](N2CC[C@@H](NC(=O)Nc3ccc(F)cc3)C2)C(=O)O1. The Hall–Kier alpha value is -2.15. The number of urea groups is 1. The molecule has 0 bridgehead atoms. The first kappa shape index (κ1) is 15.7. The van der Waals surface area contributed by atoms with E-state index >= 15 is 0 Å². The van der Waals surface area contributed by atoms with Gasteiger partial charge in [-0.1, -0.05) is 0 Å². The third kappa shape index (κ3) is 3.79. The van der Waals surface area contributed by atoms with Gasteiger partial charge in [-0.25, -0.2) is 9.18 Å². The van der Waals surface area contributed by atoms with Crippen LogP contribution < -0.4 is 10.6 Å². The number of esters is 1. The molecular formula is C16H20FN3O3. The van der Waals surface area contributed by atoms with E-state index in [0.29, 0.717) is 18.7 Å². The van der Waals surface area contributed by atoms with E-state index in [4.69, 9.17) is 4.74 Å². The lowest BCUT2D eigenvalue weighted by atomic mass is 10.1. The molecule has 0 spiro atoms. The number of cyclic esters (lactones) is 1. The van der Waals surface area contributed by atoms with Gasteiger partial charge in [0.1, 0.15) is 18.0 Å². The summed E-state index contributed by atoms with van der Waals surface area (Å²) in [7, 11) is 0. The number of hydrogen-bond donors (Lipinski definition) is 2. The zero-order valence-corrected chi connectivity index (χ0v) is 12.9. The summed E-state index contributed by atoms with van der Waals surface area (Å²) in [6, 6.07) is 5.05. The van der Waals surface area contributed by atoms with Crippen molar-refractivity contribution in [2.75, 3.05) is 18.4 Å². The Bertz CT molecular complexity index is 593. The molecule has 7 heteroatoms. The van der Waals surface area contributed by atoms with Gasteiger partial charge in [-0.2, -0.15) is 0 Å². The molecule has 6 nitrogen and oxygen atoms in total. The van der Waals surface area contributed by atoms with Crippen molar-refractivity contribution in [3.8, 4) is 0 Å². The first-order valence-corrected chi connectivity index (χ1v) is 7.79. The van der Waals surface area contributed by atoms with E-state index in [-0.39, 0.29) is 36.0 Å². The fraction of sp³-hybridized carbons (Fsp3) is 0.500. The van der Waals surface area contributed by atoms with E-state index in [1.54, 1.807) is 0 Å². The summed E-state index contributed by atoms with van der Waals surface area (Å²) in [5.41, 5.74) is 0.534. The second-order valence-electron chi connectivity index (χ2n) is 6.08. The Balaban J connectivity index is 1.49. The maximum Gasteiger partial charge on any atom is 0.323 e. The molecule has 2 amide bonds. The molecule has 2 fully saturated rings. The second kappa shape index (κ2) is 6.54. The molecule has 2 aliphatic heterocycles. The summed E-state index contributed by atoms with van der Waals surface area (Å²) in [6.07, 6.45) is 1.45. The summed E-state index contributed by atoms with van der Waals surface area (Å²) in [6.45, 7) is 3.27. The highest BCUT2D eigenvalue weighted by Gasteiger charge is 2.39. The van der Waals surface area contributed by atoms with Crippen LogP contribution in [-0.4, -0.2) is 48.2 Å². The Morgan fingerprint density at radius 2 is 2.09 bits per heavy atom. The number of ether oxygens (including phenoxy) is 1. The van der Waals surface area contributed by atoms with E-state index in [0.717, 1.165) is 13.0 Å². The molecule has 0 aromatic heterocycles. The fourth-order valence-corrected chi connectivity index (χ4v) is 3.11. The van der Waals surface area contributed by atoms with Crippen LogP contribution in [0.5, 0.6) is 0 Å². The highest BCUT2D eigenvalue weighted by atomic mass is 19.1. The summed E-state index contributed by atoms with van der Waals surface area (Å²) in [5.74, 6) is -0.519. The minimum absolute atomic E-state index is 0.0147. The number of hydrogen-bond acceptors (Lipinski definition) is 4. The number of nitrogens with zero attached hydrogens (tertiary/aromatic N) is 1. The quantitative estimate of drug-likeness (QED) is 0.832. The number of anilines is 1.